The summed E-state index contributed by atoms with van der Waals surface area (Å²) in [5, 5.41) is 12.8. The second-order valence-corrected chi connectivity index (χ2v) is 4.07. The van der Waals surface area contributed by atoms with E-state index >= 15 is 0 Å². The maximum Gasteiger partial charge on any atom is 0.435 e. The van der Waals surface area contributed by atoms with E-state index in [1.165, 1.54) is 12.1 Å². The predicted octanol–water partition coefficient (Wildman–Crippen LogP) is 1.98. The first kappa shape index (κ1) is 14.3. The number of hydrogen-bond donors (Lipinski definition) is 1. The first-order valence-electron chi connectivity index (χ1n) is 5.24. The lowest BCUT2D eigenvalue weighted by molar-refractivity contribution is -0.141. The molecule has 0 spiro atoms. The van der Waals surface area contributed by atoms with Crippen LogP contribution in [0, 0.1) is 0 Å². The zero-order valence-corrected chi connectivity index (χ0v) is 10.5. The van der Waals surface area contributed by atoms with E-state index in [4.69, 9.17) is 11.6 Å². The number of aromatic nitrogens is 4. The van der Waals surface area contributed by atoms with Crippen molar-refractivity contribution in [3.63, 3.8) is 0 Å². The summed E-state index contributed by atoms with van der Waals surface area (Å²) in [4.78, 5) is 11.6. The van der Waals surface area contributed by atoms with Crippen LogP contribution < -0.4 is 5.32 Å². The molecule has 0 unspecified atom stereocenters. The van der Waals surface area contributed by atoms with Gasteiger partial charge in [-0.1, -0.05) is 11.6 Å². The molecule has 0 bridgehead atoms. The van der Waals surface area contributed by atoms with Gasteiger partial charge in [0.2, 0.25) is 5.91 Å². The number of alkyl halides is 3. The minimum absolute atomic E-state index is 0.141. The molecule has 0 fully saturated rings. The molecule has 0 aromatic carbocycles. The maximum absolute atomic E-state index is 12.3. The molecule has 0 aliphatic rings. The van der Waals surface area contributed by atoms with E-state index in [1.54, 1.807) is 0 Å². The third-order valence-electron chi connectivity index (χ3n) is 2.14. The molecular formula is C10H7ClF3N5O. The molecule has 2 heterocycles. The summed E-state index contributed by atoms with van der Waals surface area (Å²) in [5.41, 5.74) is -1.06. The van der Waals surface area contributed by atoms with Crippen molar-refractivity contribution in [3.05, 3.63) is 35.2 Å². The summed E-state index contributed by atoms with van der Waals surface area (Å²) in [7, 11) is 0. The topological polar surface area (TPSA) is 72.7 Å². The minimum Gasteiger partial charge on any atom is -0.308 e. The van der Waals surface area contributed by atoms with Gasteiger partial charge in [0.25, 0.3) is 0 Å². The highest BCUT2D eigenvalue weighted by Gasteiger charge is 2.33. The van der Waals surface area contributed by atoms with Crippen molar-refractivity contribution < 1.29 is 18.0 Å². The van der Waals surface area contributed by atoms with Gasteiger partial charge in [-0.2, -0.15) is 18.3 Å². The summed E-state index contributed by atoms with van der Waals surface area (Å²) in [5.74, 6) is -0.443. The predicted molar refractivity (Wildman–Crippen MR) is 62.9 cm³/mol. The number of rotatable bonds is 3. The Bertz CT molecular complexity index is 610. The summed E-state index contributed by atoms with van der Waals surface area (Å²) < 4.78 is 37.8. The van der Waals surface area contributed by atoms with Gasteiger partial charge in [-0.3, -0.25) is 9.48 Å². The van der Waals surface area contributed by atoms with E-state index in [1.807, 2.05) is 0 Å². The van der Waals surface area contributed by atoms with Gasteiger partial charge < -0.3 is 5.32 Å². The average molecular weight is 306 g/mol. The van der Waals surface area contributed by atoms with Gasteiger partial charge in [-0.05, 0) is 18.2 Å². The van der Waals surface area contributed by atoms with Crippen LogP contribution in [0.5, 0.6) is 0 Å². The standard InChI is InChI=1S/C10H7ClF3N5O/c11-7-1-2-8(17-16-7)15-9(20)5-19-4-3-6(18-19)10(12,13)14/h1-4H,5H2,(H,15,17,20). The zero-order chi connectivity index (χ0) is 14.8. The van der Waals surface area contributed by atoms with Gasteiger partial charge in [0.05, 0.1) is 0 Å². The minimum atomic E-state index is -4.54. The molecule has 0 saturated carbocycles. The zero-order valence-electron chi connectivity index (χ0n) is 9.73. The van der Waals surface area contributed by atoms with Crippen LogP contribution in [0.25, 0.3) is 0 Å². The number of carbonyl (C=O) groups excluding carboxylic acids is 1. The van der Waals surface area contributed by atoms with E-state index in [9.17, 15) is 18.0 Å². The molecule has 0 atom stereocenters. The van der Waals surface area contributed by atoms with Crippen molar-refractivity contribution in [2.45, 2.75) is 12.7 Å². The fourth-order valence-corrected chi connectivity index (χ4v) is 1.41. The van der Waals surface area contributed by atoms with E-state index in [0.29, 0.717) is 0 Å². The molecule has 2 aromatic heterocycles. The van der Waals surface area contributed by atoms with Crippen molar-refractivity contribution in [1.29, 1.82) is 0 Å². The molecule has 2 rings (SSSR count). The Morgan fingerprint density at radius 1 is 1.30 bits per heavy atom. The number of halogens is 4. The van der Waals surface area contributed by atoms with Crippen LogP contribution in [-0.2, 0) is 17.5 Å². The Kier molecular flexibility index (Phi) is 3.89. The highest BCUT2D eigenvalue weighted by molar-refractivity contribution is 6.29. The quantitative estimate of drug-likeness (QED) is 0.941. The Hall–Kier alpha value is -2.16. The normalized spacial score (nSPS) is 11.4. The molecule has 6 nitrogen and oxygen atoms in total. The third kappa shape index (κ3) is 3.67. The molecule has 20 heavy (non-hydrogen) atoms. The Morgan fingerprint density at radius 2 is 2.05 bits per heavy atom. The lowest BCUT2D eigenvalue weighted by Crippen LogP contribution is -2.20. The van der Waals surface area contributed by atoms with Gasteiger partial charge in [0, 0.05) is 6.20 Å². The van der Waals surface area contributed by atoms with Crippen molar-refractivity contribution in [2.75, 3.05) is 5.32 Å². The molecule has 0 aliphatic heterocycles. The molecule has 0 radical (unpaired) electrons. The van der Waals surface area contributed by atoms with Crippen LogP contribution in [-0.4, -0.2) is 25.9 Å². The molecule has 1 amide bonds. The number of carbonyl (C=O) groups is 1. The number of amides is 1. The molecule has 1 N–H and O–H groups in total. The Morgan fingerprint density at radius 3 is 2.60 bits per heavy atom. The van der Waals surface area contributed by atoms with Gasteiger partial charge in [0.1, 0.15) is 6.54 Å². The third-order valence-corrected chi connectivity index (χ3v) is 2.34. The molecule has 106 valence electrons. The highest BCUT2D eigenvalue weighted by atomic mass is 35.5. The summed E-state index contributed by atoms with van der Waals surface area (Å²) in [6.45, 7) is -0.375. The van der Waals surface area contributed by atoms with Crippen molar-refractivity contribution in [1.82, 2.24) is 20.0 Å². The van der Waals surface area contributed by atoms with Crippen molar-refractivity contribution in [3.8, 4) is 0 Å². The van der Waals surface area contributed by atoms with Crippen LogP contribution in [0.4, 0.5) is 19.0 Å². The summed E-state index contributed by atoms with van der Waals surface area (Å²) in [6, 6.07) is 3.62. The lowest BCUT2D eigenvalue weighted by atomic mass is 10.4. The Labute approximate surface area is 115 Å². The van der Waals surface area contributed by atoms with Gasteiger partial charge in [0.15, 0.2) is 16.7 Å². The highest BCUT2D eigenvalue weighted by Crippen LogP contribution is 2.27. The van der Waals surface area contributed by atoms with Gasteiger partial charge in [-0.15, -0.1) is 10.2 Å². The van der Waals surface area contributed by atoms with E-state index < -0.39 is 17.8 Å². The van der Waals surface area contributed by atoms with E-state index in [-0.39, 0.29) is 17.5 Å². The van der Waals surface area contributed by atoms with Gasteiger partial charge in [-0.25, -0.2) is 0 Å². The summed E-state index contributed by atoms with van der Waals surface area (Å²) >= 11 is 5.52. The van der Waals surface area contributed by atoms with Crippen molar-refractivity contribution >= 4 is 23.3 Å². The smallest absolute Gasteiger partial charge is 0.308 e. The SMILES string of the molecule is O=C(Cn1ccc(C(F)(F)F)n1)Nc1ccc(Cl)nn1. The lowest BCUT2D eigenvalue weighted by Gasteiger charge is -2.04. The Balaban J connectivity index is 1.98. The summed E-state index contributed by atoms with van der Waals surface area (Å²) in [6.07, 6.45) is -3.47. The van der Waals surface area contributed by atoms with Crippen LogP contribution in [0.2, 0.25) is 5.15 Å². The molecule has 0 saturated heterocycles. The second kappa shape index (κ2) is 5.45. The monoisotopic (exact) mass is 305 g/mol. The second-order valence-electron chi connectivity index (χ2n) is 3.69. The van der Waals surface area contributed by atoms with E-state index in [0.717, 1.165) is 16.9 Å². The molecule has 0 aliphatic carbocycles. The fraction of sp³-hybridized carbons (Fsp3) is 0.200. The molecule has 10 heteroatoms. The number of hydrogen-bond acceptors (Lipinski definition) is 4. The van der Waals surface area contributed by atoms with Crippen LogP contribution in [0.1, 0.15) is 5.69 Å². The largest absolute Gasteiger partial charge is 0.435 e. The van der Waals surface area contributed by atoms with Crippen LogP contribution in [0.3, 0.4) is 0 Å². The number of nitrogens with zero attached hydrogens (tertiary/aromatic N) is 4. The van der Waals surface area contributed by atoms with E-state index in [2.05, 4.69) is 20.6 Å². The van der Waals surface area contributed by atoms with Crippen molar-refractivity contribution in [2.24, 2.45) is 0 Å². The van der Waals surface area contributed by atoms with Crippen LogP contribution >= 0.6 is 11.6 Å². The maximum atomic E-state index is 12.3. The average Bonchev–Trinajstić information content (AvgIpc) is 2.80. The first-order valence-corrected chi connectivity index (χ1v) is 5.62. The molecular weight excluding hydrogens is 299 g/mol. The molecule has 2 aromatic rings. The first-order chi connectivity index (χ1) is 9.34. The number of anilines is 1. The van der Waals surface area contributed by atoms with Gasteiger partial charge >= 0.3 is 6.18 Å². The van der Waals surface area contributed by atoms with Crippen LogP contribution in [0.15, 0.2) is 24.4 Å². The fourth-order valence-electron chi connectivity index (χ4n) is 1.31. The number of nitrogens with one attached hydrogen (secondary N) is 1.